The van der Waals surface area contributed by atoms with Gasteiger partial charge in [0.2, 0.25) is 0 Å². The van der Waals surface area contributed by atoms with Gasteiger partial charge in [0.15, 0.2) is 0 Å². The molecule has 1 fully saturated rings. The number of nitro groups is 1. The summed E-state index contributed by atoms with van der Waals surface area (Å²) in [5.41, 5.74) is 1.98. The third-order valence-electron chi connectivity index (χ3n) is 4.18. The minimum Gasteiger partial charge on any atom is -0.367 e. The Morgan fingerprint density at radius 3 is 2.84 bits per heavy atom. The summed E-state index contributed by atoms with van der Waals surface area (Å²) in [4.78, 5) is 24.9. The van der Waals surface area contributed by atoms with Crippen LogP contribution in [0.2, 0.25) is 0 Å². The number of nitro benzene ring substituents is 1. The lowest BCUT2D eigenvalue weighted by Gasteiger charge is -2.38. The molecule has 1 aromatic heterocycles. The maximum atomic E-state index is 12.3. The average molecular weight is 361 g/mol. The van der Waals surface area contributed by atoms with E-state index < -0.39 is 4.92 Å². The Labute approximate surface area is 149 Å². The molecule has 0 saturated carbocycles. The van der Waals surface area contributed by atoms with Crippen LogP contribution in [0.25, 0.3) is 0 Å². The van der Waals surface area contributed by atoms with E-state index >= 15 is 0 Å². The molecule has 2 unspecified atom stereocenters. The van der Waals surface area contributed by atoms with E-state index in [4.69, 9.17) is 4.74 Å². The van der Waals surface area contributed by atoms with Gasteiger partial charge in [0, 0.05) is 32.3 Å². The molecular formula is C17H19N3O4S. The van der Waals surface area contributed by atoms with Crippen LogP contribution in [0.4, 0.5) is 11.4 Å². The fraction of sp³-hybridized carbons (Fsp3) is 0.353. The molecule has 0 radical (unpaired) electrons. The van der Waals surface area contributed by atoms with Crippen LogP contribution in [-0.2, 0) is 4.74 Å². The summed E-state index contributed by atoms with van der Waals surface area (Å²) in [6, 6.07) is 6.43. The number of nitrogens with zero attached hydrogens (tertiary/aromatic N) is 2. The highest BCUT2D eigenvalue weighted by Crippen LogP contribution is 2.33. The number of thiophene rings is 1. The van der Waals surface area contributed by atoms with Gasteiger partial charge in [-0.3, -0.25) is 14.9 Å². The molecule has 0 bridgehead atoms. The molecule has 25 heavy (non-hydrogen) atoms. The minimum absolute atomic E-state index is 0.0219. The van der Waals surface area contributed by atoms with Crippen LogP contribution in [0.5, 0.6) is 0 Å². The predicted octanol–water partition coefficient (Wildman–Crippen LogP) is 2.98. The van der Waals surface area contributed by atoms with Gasteiger partial charge >= 0.3 is 0 Å². The number of amides is 1. The van der Waals surface area contributed by atoms with Crippen LogP contribution in [0, 0.1) is 10.1 Å². The van der Waals surface area contributed by atoms with E-state index in [2.05, 4.69) is 15.6 Å². The van der Waals surface area contributed by atoms with Gasteiger partial charge < -0.3 is 15.0 Å². The summed E-state index contributed by atoms with van der Waals surface area (Å²) in [5.74, 6) is -0.343. The highest BCUT2D eigenvalue weighted by molar-refractivity contribution is 7.07. The van der Waals surface area contributed by atoms with Gasteiger partial charge in [0.25, 0.3) is 11.6 Å². The second-order valence-electron chi connectivity index (χ2n) is 5.93. The van der Waals surface area contributed by atoms with Crippen molar-refractivity contribution in [3.8, 4) is 0 Å². The first-order valence-corrected chi connectivity index (χ1v) is 8.87. The smallest absolute Gasteiger partial charge is 0.270 e. The summed E-state index contributed by atoms with van der Waals surface area (Å²) in [5, 5.41) is 17.7. The molecule has 2 atom stereocenters. The highest BCUT2D eigenvalue weighted by atomic mass is 32.1. The van der Waals surface area contributed by atoms with Crippen LogP contribution in [0.1, 0.15) is 28.9 Å². The second-order valence-corrected chi connectivity index (χ2v) is 6.71. The van der Waals surface area contributed by atoms with E-state index in [9.17, 15) is 14.9 Å². The van der Waals surface area contributed by atoms with Crippen molar-refractivity contribution in [2.24, 2.45) is 0 Å². The summed E-state index contributed by atoms with van der Waals surface area (Å²) in [6.07, 6.45) is -0.117. The van der Waals surface area contributed by atoms with Crippen LogP contribution < -0.4 is 10.2 Å². The maximum Gasteiger partial charge on any atom is 0.270 e. The largest absolute Gasteiger partial charge is 0.367 e. The highest BCUT2D eigenvalue weighted by Gasteiger charge is 2.29. The van der Waals surface area contributed by atoms with Crippen LogP contribution in [0.15, 0.2) is 35.0 Å². The summed E-state index contributed by atoms with van der Waals surface area (Å²) in [6.45, 7) is 3.18. The van der Waals surface area contributed by atoms with E-state index in [0.29, 0.717) is 24.3 Å². The van der Waals surface area contributed by atoms with E-state index in [0.717, 1.165) is 5.56 Å². The SMILES string of the molecule is CNC(=O)c1cc([N+](=O)[O-])ccc1N1CC(C)OC(c2ccsc2)C1. The zero-order valence-electron chi connectivity index (χ0n) is 14.0. The van der Waals surface area contributed by atoms with Crippen molar-refractivity contribution in [3.05, 3.63) is 56.3 Å². The van der Waals surface area contributed by atoms with Crippen molar-refractivity contribution in [2.45, 2.75) is 19.1 Å². The molecule has 1 aliphatic heterocycles. The number of anilines is 1. The Hall–Kier alpha value is -2.45. The Balaban J connectivity index is 1.96. The normalized spacial score (nSPS) is 20.3. The molecule has 0 aliphatic carbocycles. The van der Waals surface area contributed by atoms with Gasteiger partial charge in [-0.05, 0) is 35.4 Å². The zero-order valence-corrected chi connectivity index (χ0v) is 14.8. The minimum atomic E-state index is -0.494. The topological polar surface area (TPSA) is 84.7 Å². The number of carbonyl (C=O) groups excluding carboxylic acids is 1. The summed E-state index contributed by atoms with van der Waals surface area (Å²) in [7, 11) is 1.51. The molecule has 2 heterocycles. The number of morpholine rings is 1. The molecule has 3 rings (SSSR count). The first-order chi connectivity index (χ1) is 12.0. The average Bonchev–Trinajstić information content (AvgIpc) is 3.14. The third kappa shape index (κ3) is 3.64. The monoisotopic (exact) mass is 361 g/mol. The molecule has 1 aromatic carbocycles. The van der Waals surface area contributed by atoms with Gasteiger partial charge in [-0.15, -0.1) is 0 Å². The number of nitrogens with one attached hydrogen (secondary N) is 1. The maximum absolute atomic E-state index is 12.3. The molecule has 2 aromatic rings. The molecule has 1 saturated heterocycles. The first kappa shape index (κ1) is 17.4. The number of hydrogen-bond acceptors (Lipinski definition) is 6. The van der Waals surface area contributed by atoms with Gasteiger partial charge in [-0.2, -0.15) is 11.3 Å². The Bertz CT molecular complexity index is 778. The fourth-order valence-electron chi connectivity index (χ4n) is 3.02. The van der Waals surface area contributed by atoms with Crippen LogP contribution >= 0.6 is 11.3 Å². The molecule has 132 valence electrons. The Morgan fingerprint density at radius 1 is 1.40 bits per heavy atom. The number of benzene rings is 1. The predicted molar refractivity (Wildman–Crippen MR) is 96.3 cm³/mol. The van der Waals surface area contributed by atoms with Gasteiger partial charge in [0.05, 0.1) is 22.3 Å². The molecule has 1 aliphatic rings. The lowest BCUT2D eigenvalue weighted by molar-refractivity contribution is -0.384. The zero-order chi connectivity index (χ0) is 18.0. The first-order valence-electron chi connectivity index (χ1n) is 7.92. The van der Waals surface area contributed by atoms with Gasteiger partial charge in [-0.25, -0.2) is 0 Å². The van der Waals surface area contributed by atoms with Crippen molar-refractivity contribution < 1.29 is 14.5 Å². The van der Waals surface area contributed by atoms with Crippen molar-refractivity contribution in [2.75, 3.05) is 25.0 Å². The van der Waals surface area contributed by atoms with E-state index in [1.807, 2.05) is 18.4 Å². The van der Waals surface area contributed by atoms with Crippen molar-refractivity contribution in [1.82, 2.24) is 5.32 Å². The molecule has 0 spiro atoms. The van der Waals surface area contributed by atoms with Crippen LogP contribution in [0.3, 0.4) is 0 Å². The van der Waals surface area contributed by atoms with E-state index in [-0.39, 0.29) is 23.8 Å². The van der Waals surface area contributed by atoms with Crippen molar-refractivity contribution in [1.29, 1.82) is 0 Å². The van der Waals surface area contributed by atoms with E-state index in [1.54, 1.807) is 17.4 Å². The summed E-state index contributed by atoms with van der Waals surface area (Å²) < 4.78 is 6.03. The Morgan fingerprint density at radius 2 is 2.20 bits per heavy atom. The van der Waals surface area contributed by atoms with Gasteiger partial charge in [0.1, 0.15) is 6.10 Å². The number of ether oxygens (including phenoxy) is 1. The second kappa shape index (κ2) is 7.20. The number of hydrogen-bond donors (Lipinski definition) is 1. The molecular weight excluding hydrogens is 342 g/mol. The number of carbonyl (C=O) groups is 1. The van der Waals surface area contributed by atoms with Crippen molar-refractivity contribution in [3.63, 3.8) is 0 Å². The lowest BCUT2D eigenvalue weighted by Crippen LogP contribution is -2.43. The number of non-ortho nitro benzene ring substituents is 1. The van der Waals surface area contributed by atoms with Gasteiger partial charge in [-0.1, -0.05) is 0 Å². The third-order valence-corrected chi connectivity index (χ3v) is 4.88. The number of rotatable bonds is 4. The van der Waals surface area contributed by atoms with E-state index in [1.165, 1.54) is 19.2 Å². The molecule has 8 heteroatoms. The van der Waals surface area contributed by atoms with Crippen molar-refractivity contribution >= 4 is 28.6 Å². The fourth-order valence-corrected chi connectivity index (χ4v) is 3.72. The lowest BCUT2D eigenvalue weighted by atomic mass is 10.1. The summed E-state index contributed by atoms with van der Waals surface area (Å²) >= 11 is 1.61. The van der Waals surface area contributed by atoms with Crippen LogP contribution in [-0.4, -0.2) is 37.1 Å². The molecule has 7 nitrogen and oxygen atoms in total. The Kier molecular flexibility index (Phi) is 5.00. The molecule has 1 amide bonds. The molecule has 1 N–H and O–H groups in total. The quantitative estimate of drug-likeness (QED) is 0.668. The standard InChI is InChI=1S/C17H19N3O4S/c1-11-8-19(9-16(24-11)12-5-6-25-10-12)15-4-3-13(20(22)23)7-14(15)17(21)18-2/h3-7,10-11,16H,8-9H2,1-2H3,(H,18,21).